The van der Waals surface area contributed by atoms with E-state index in [2.05, 4.69) is 25.5 Å². The standard InChI is InChI=1S/C20H25N7O4S2/c1-20(29)8-2-3-15(20)27-16(28)5-4-13-11-21-18(24-17(13)27)23-14-6-9-26(10-7-14)33(30,31)19-25-22-12-32-19/h4-5,11-12,14-15,29H,2-3,6-10H2,1H3,(H,21,23,24)/t15-,20-/m0/s1. The minimum atomic E-state index is -3.62. The van der Waals surface area contributed by atoms with E-state index < -0.39 is 15.6 Å². The molecule has 2 aliphatic rings. The van der Waals surface area contributed by atoms with Crippen molar-refractivity contribution in [2.45, 2.75) is 61.1 Å². The summed E-state index contributed by atoms with van der Waals surface area (Å²) in [5.41, 5.74) is 0.725. The Labute approximate surface area is 194 Å². The number of fused-ring (bicyclic) bond motifs is 1. The molecule has 1 aliphatic heterocycles. The minimum absolute atomic E-state index is 0.00698. The maximum Gasteiger partial charge on any atom is 0.272 e. The highest BCUT2D eigenvalue weighted by Gasteiger charge is 2.39. The van der Waals surface area contributed by atoms with Gasteiger partial charge in [-0.15, -0.1) is 10.2 Å². The molecule has 0 aromatic carbocycles. The van der Waals surface area contributed by atoms with E-state index in [1.807, 2.05) is 0 Å². The Morgan fingerprint density at radius 1 is 1.24 bits per heavy atom. The summed E-state index contributed by atoms with van der Waals surface area (Å²) in [5.74, 6) is 0.380. The van der Waals surface area contributed by atoms with Gasteiger partial charge >= 0.3 is 0 Å². The molecule has 3 aromatic rings. The molecule has 0 amide bonds. The third-order valence-corrected chi connectivity index (χ3v) is 9.52. The molecule has 1 saturated carbocycles. The third kappa shape index (κ3) is 4.14. The van der Waals surface area contributed by atoms with Crippen molar-refractivity contribution in [1.82, 2.24) is 29.0 Å². The number of hydrogen-bond donors (Lipinski definition) is 2. The molecule has 0 unspecified atom stereocenters. The van der Waals surface area contributed by atoms with Gasteiger partial charge in [0.1, 0.15) is 11.2 Å². The van der Waals surface area contributed by atoms with Gasteiger partial charge in [0, 0.05) is 36.8 Å². The van der Waals surface area contributed by atoms with Crippen LogP contribution in [0.4, 0.5) is 5.95 Å². The lowest BCUT2D eigenvalue weighted by Crippen LogP contribution is -2.42. The highest BCUT2D eigenvalue weighted by Crippen LogP contribution is 2.39. The van der Waals surface area contributed by atoms with Crippen LogP contribution in [-0.4, -0.2) is 67.3 Å². The van der Waals surface area contributed by atoms with Crippen LogP contribution < -0.4 is 10.9 Å². The van der Waals surface area contributed by atoms with E-state index in [9.17, 15) is 18.3 Å². The summed E-state index contributed by atoms with van der Waals surface area (Å²) < 4.78 is 28.3. The quantitative estimate of drug-likeness (QED) is 0.541. The fraction of sp³-hybridized carbons (Fsp3) is 0.550. The van der Waals surface area contributed by atoms with Gasteiger partial charge in [-0.05, 0) is 45.1 Å². The first-order valence-corrected chi connectivity index (χ1v) is 13.2. The Morgan fingerprint density at radius 3 is 2.70 bits per heavy atom. The van der Waals surface area contributed by atoms with Crippen molar-refractivity contribution in [2.75, 3.05) is 18.4 Å². The van der Waals surface area contributed by atoms with Crippen LogP contribution in [0.15, 0.2) is 33.0 Å². The highest BCUT2D eigenvalue weighted by atomic mass is 32.2. The molecule has 1 aliphatic carbocycles. The van der Waals surface area contributed by atoms with Crippen molar-refractivity contribution in [2.24, 2.45) is 0 Å². The number of aromatic nitrogens is 5. The van der Waals surface area contributed by atoms with Gasteiger partial charge in [-0.3, -0.25) is 9.36 Å². The van der Waals surface area contributed by atoms with Crippen LogP contribution in [0.3, 0.4) is 0 Å². The molecule has 13 heteroatoms. The van der Waals surface area contributed by atoms with Crippen molar-refractivity contribution in [1.29, 1.82) is 0 Å². The zero-order valence-corrected chi connectivity index (χ0v) is 19.7. The van der Waals surface area contributed by atoms with E-state index >= 15 is 0 Å². The largest absolute Gasteiger partial charge is 0.388 e. The van der Waals surface area contributed by atoms with Crippen LogP contribution in [0.5, 0.6) is 0 Å². The average Bonchev–Trinajstić information content (AvgIpc) is 3.44. The Balaban J connectivity index is 1.35. The van der Waals surface area contributed by atoms with Crippen molar-refractivity contribution in [3.05, 3.63) is 34.2 Å². The van der Waals surface area contributed by atoms with Gasteiger partial charge in [0.15, 0.2) is 0 Å². The van der Waals surface area contributed by atoms with Crippen molar-refractivity contribution in [3.63, 3.8) is 0 Å². The second-order valence-electron chi connectivity index (χ2n) is 8.81. The summed E-state index contributed by atoms with van der Waals surface area (Å²) in [5, 5.41) is 22.1. The number of aliphatic hydroxyl groups is 1. The van der Waals surface area contributed by atoms with Gasteiger partial charge in [-0.25, -0.2) is 13.4 Å². The summed E-state index contributed by atoms with van der Waals surface area (Å²) in [4.78, 5) is 21.8. The summed E-state index contributed by atoms with van der Waals surface area (Å²) in [6.45, 7) is 2.46. The maximum atomic E-state index is 12.7. The molecule has 1 saturated heterocycles. The van der Waals surface area contributed by atoms with Gasteiger partial charge in [-0.2, -0.15) is 9.29 Å². The van der Waals surface area contributed by atoms with E-state index in [0.29, 0.717) is 50.4 Å². The molecule has 0 radical (unpaired) electrons. The Bertz CT molecular complexity index is 1320. The number of nitrogens with zero attached hydrogens (tertiary/aromatic N) is 6. The number of rotatable bonds is 5. The second kappa shape index (κ2) is 8.38. The van der Waals surface area contributed by atoms with E-state index in [-0.39, 0.29) is 22.0 Å². The second-order valence-corrected chi connectivity index (χ2v) is 11.8. The zero-order valence-electron chi connectivity index (χ0n) is 18.1. The highest BCUT2D eigenvalue weighted by molar-refractivity contribution is 7.91. The summed E-state index contributed by atoms with van der Waals surface area (Å²) in [7, 11) is -3.62. The molecule has 2 atom stereocenters. The molecule has 5 rings (SSSR count). The first-order chi connectivity index (χ1) is 15.8. The van der Waals surface area contributed by atoms with Crippen molar-refractivity contribution in [3.8, 4) is 0 Å². The molecule has 11 nitrogen and oxygen atoms in total. The Hall–Kier alpha value is -2.48. The number of sulfonamides is 1. The summed E-state index contributed by atoms with van der Waals surface area (Å²) in [6.07, 6.45) is 5.01. The molecule has 176 valence electrons. The predicted molar refractivity (Wildman–Crippen MR) is 123 cm³/mol. The van der Waals surface area contributed by atoms with E-state index in [1.165, 1.54) is 15.9 Å². The minimum Gasteiger partial charge on any atom is -0.388 e. The van der Waals surface area contributed by atoms with Crippen LogP contribution >= 0.6 is 11.3 Å². The summed E-state index contributed by atoms with van der Waals surface area (Å²) in [6, 6.07) is 2.83. The van der Waals surface area contributed by atoms with Crippen LogP contribution in [0.2, 0.25) is 0 Å². The lowest BCUT2D eigenvalue weighted by Gasteiger charge is -2.31. The number of nitrogens with one attached hydrogen (secondary N) is 1. The van der Waals surface area contributed by atoms with Gasteiger partial charge in [0.2, 0.25) is 10.3 Å². The Kier molecular flexibility index (Phi) is 5.67. The van der Waals surface area contributed by atoms with Gasteiger partial charge in [0.25, 0.3) is 15.6 Å². The lowest BCUT2D eigenvalue weighted by atomic mass is 10.00. The van der Waals surface area contributed by atoms with Crippen LogP contribution in [-0.2, 0) is 10.0 Å². The number of pyridine rings is 1. The molecular formula is C20H25N7O4S2. The molecule has 4 heterocycles. The van der Waals surface area contributed by atoms with Gasteiger partial charge in [-0.1, -0.05) is 11.3 Å². The molecule has 33 heavy (non-hydrogen) atoms. The molecule has 0 spiro atoms. The molecule has 3 aromatic heterocycles. The molecule has 2 fully saturated rings. The zero-order chi connectivity index (χ0) is 23.2. The van der Waals surface area contributed by atoms with Crippen LogP contribution in [0.25, 0.3) is 11.0 Å². The first kappa shape index (κ1) is 22.3. The fourth-order valence-electron chi connectivity index (χ4n) is 4.76. The first-order valence-electron chi connectivity index (χ1n) is 10.9. The normalized spacial score (nSPS) is 25.0. The topological polar surface area (TPSA) is 143 Å². The smallest absolute Gasteiger partial charge is 0.272 e. The number of anilines is 1. The van der Waals surface area contributed by atoms with Crippen LogP contribution in [0, 0.1) is 0 Å². The maximum absolute atomic E-state index is 12.7. The van der Waals surface area contributed by atoms with Crippen molar-refractivity contribution < 1.29 is 13.5 Å². The average molecular weight is 492 g/mol. The van der Waals surface area contributed by atoms with Gasteiger partial charge in [0.05, 0.1) is 11.6 Å². The van der Waals surface area contributed by atoms with Crippen molar-refractivity contribution >= 4 is 38.3 Å². The van der Waals surface area contributed by atoms with E-state index in [4.69, 9.17) is 0 Å². The third-order valence-electron chi connectivity index (χ3n) is 6.54. The van der Waals surface area contributed by atoms with Crippen LogP contribution in [0.1, 0.15) is 45.1 Å². The fourth-order valence-corrected chi connectivity index (χ4v) is 7.03. The van der Waals surface area contributed by atoms with E-state index in [0.717, 1.165) is 23.1 Å². The molecular weight excluding hydrogens is 466 g/mol. The predicted octanol–water partition coefficient (Wildman–Crippen LogP) is 1.38. The number of piperidine rings is 1. The monoisotopic (exact) mass is 491 g/mol. The summed E-state index contributed by atoms with van der Waals surface area (Å²) >= 11 is 1.01. The molecule has 2 N–H and O–H groups in total. The lowest BCUT2D eigenvalue weighted by molar-refractivity contribution is 0.0267. The molecule has 0 bridgehead atoms. The Morgan fingerprint density at radius 2 is 2.03 bits per heavy atom. The van der Waals surface area contributed by atoms with Gasteiger partial charge < -0.3 is 10.4 Å². The SMILES string of the molecule is C[C@]1(O)CCC[C@@H]1n1c(=O)ccc2cnc(NC3CCN(S(=O)(=O)c4nncs4)CC3)nc21. The number of hydrogen-bond acceptors (Lipinski definition) is 10. The van der Waals surface area contributed by atoms with E-state index in [1.54, 1.807) is 23.8 Å².